The third-order valence-electron chi connectivity index (χ3n) is 4.42. The summed E-state index contributed by atoms with van der Waals surface area (Å²) in [4.78, 5) is 0.146. The van der Waals surface area contributed by atoms with Crippen molar-refractivity contribution in [2.45, 2.75) is 38.0 Å². The second-order valence-electron chi connectivity index (χ2n) is 5.79. The summed E-state index contributed by atoms with van der Waals surface area (Å²) in [5, 5.41) is 9.39. The number of benzene rings is 1. The Labute approximate surface area is 120 Å². The number of phenolic OH excluding ortho intramolecular Hbond substituents is 1. The van der Waals surface area contributed by atoms with Crippen molar-refractivity contribution in [3.05, 3.63) is 18.2 Å². The van der Waals surface area contributed by atoms with Gasteiger partial charge in [0.25, 0.3) is 0 Å². The third-order valence-corrected chi connectivity index (χ3v) is 6.31. The first-order chi connectivity index (χ1) is 9.28. The van der Waals surface area contributed by atoms with Crippen LogP contribution < -0.4 is 5.73 Å². The van der Waals surface area contributed by atoms with Crippen LogP contribution in [0.25, 0.3) is 0 Å². The van der Waals surface area contributed by atoms with Gasteiger partial charge >= 0.3 is 0 Å². The van der Waals surface area contributed by atoms with E-state index in [1.807, 2.05) is 0 Å². The molecule has 0 amide bonds. The highest BCUT2D eigenvalue weighted by Crippen LogP contribution is 2.36. The van der Waals surface area contributed by atoms with Crippen molar-refractivity contribution in [3.8, 4) is 5.75 Å². The van der Waals surface area contributed by atoms with E-state index in [0.29, 0.717) is 13.1 Å². The van der Waals surface area contributed by atoms with Crippen LogP contribution in [0.15, 0.2) is 23.1 Å². The standard InChI is InChI=1S/C14H22N2O3S/c1-3-14(2)6-8-16(9-7-14)20(18,19)11-4-5-13(17)12(15)10-11/h4-5,10,17H,3,6-9,15H2,1-2H3. The maximum absolute atomic E-state index is 12.5. The van der Waals surface area contributed by atoms with Crippen molar-refractivity contribution >= 4 is 15.7 Å². The molecule has 0 aromatic heterocycles. The van der Waals surface area contributed by atoms with E-state index in [4.69, 9.17) is 5.73 Å². The molecule has 0 bridgehead atoms. The highest BCUT2D eigenvalue weighted by Gasteiger charge is 2.34. The van der Waals surface area contributed by atoms with E-state index in [2.05, 4.69) is 13.8 Å². The SMILES string of the molecule is CCC1(C)CCN(S(=O)(=O)c2ccc(O)c(N)c2)CC1. The Kier molecular flexibility index (Phi) is 3.97. The molecule has 0 saturated carbocycles. The molecule has 6 heteroatoms. The highest BCUT2D eigenvalue weighted by molar-refractivity contribution is 7.89. The van der Waals surface area contributed by atoms with Gasteiger partial charge < -0.3 is 10.8 Å². The molecule has 0 radical (unpaired) electrons. The quantitative estimate of drug-likeness (QED) is 0.661. The lowest BCUT2D eigenvalue weighted by Crippen LogP contribution is -2.41. The number of hydrogen-bond donors (Lipinski definition) is 2. The van der Waals surface area contributed by atoms with Crippen molar-refractivity contribution in [2.24, 2.45) is 5.41 Å². The van der Waals surface area contributed by atoms with Gasteiger partial charge in [0, 0.05) is 13.1 Å². The zero-order valence-corrected chi connectivity index (χ0v) is 12.8. The monoisotopic (exact) mass is 298 g/mol. The van der Waals surface area contributed by atoms with Gasteiger partial charge in [-0.1, -0.05) is 20.3 Å². The van der Waals surface area contributed by atoms with E-state index in [-0.39, 0.29) is 21.7 Å². The first kappa shape index (κ1) is 15.1. The lowest BCUT2D eigenvalue weighted by atomic mass is 9.79. The van der Waals surface area contributed by atoms with E-state index in [0.717, 1.165) is 19.3 Å². The molecular weight excluding hydrogens is 276 g/mol. The molecule has 1 aliphatic rings. The summed E-state index contributed by atoms with van der Waals surface area (Å²) in [6.07, 6.45) is 2.81. The molecule has 1 aromatic rings. The number of nitrogens with zero attached hydrogens (tertiary/aromatic N) is 1. The van der Waals surface area contributed by atoms with Crippen LogP contribution in [0, 0.1) is 5.41 Å². The average Bonchev–Trinajstić information content (AvgIpc) is 2.42. The van der Waals surface area contributed by atoms with E-state index >= 15 is 0 Å². The molecule has 112 valence electrons. The maximum atomic E-state index is 12.5. The molecule has 1 saturated heterocycles. The first-order valence-corrected chi connectivity index (χ1v) is 8.31. The number of nitrogens with two attached hydrogens (primary N) is 1. The molecule has 1 heterocycles. The smallest absolute Gasteiger partial charge is 0.243 e. The van der Waals surface area contributed by atoms with Gasteiger partial charge in [-0.2, -0.15) is 4.31 Å². The van der Waals surface area contributed by atoms with Crippen LogP contribution in [-0.4, -0.2) is 30.9 Å². The molecule has 0 spiro atoms. The number of hydrogen-bond acceptors (Lipinski definition) is 4. The topological polar surface area (TPSA) is 83.6 Å². The summed E-state index contributed by atoms with van der Waals surface area (Å²) in [5.41, 5.74) is 5.90. The summed E-state index contributed by atoms with van der Waals surface area (Å²) in [6.45, 7) is 5.42. The Morgan fingerprint density at radius 1 is 1.35 bits per heavy atom. The fraction of sp³-hybridized carbons (Fsp3) is 0.571. The number of phenols is 1. The fourth-order valence-electron chi connectivity index (χ4n) is 2.46. The van der Waals surface area contributed by atoms with E-state index in [1.165, 1.54) is 22.5 Å². The molecule has 1 aliphatic heterocycles. The van der Waals surface area contributed by atoms with Crippen LogP contribution >= 0.6 is 0 Å². The minimum Gasteiger partial charge on any atom is -0.506 e. The predicted octanol–water partition coefficient (Wildman–Crippen LogP) is 2.18. The molecule has 3 N–H and O–H groups in total. The van der Waals surface area contributed by atoms with Gasteiger partial charge in [-0.15, -0.1) is 0 Å². The van der Waals surface area contributed by atoms with Crippen molar-refractivity contribution in [1.29, 1.82) is 0 Å². The van der Waals surface area contributed by atoms with Gasteiger partial charge in [0.1, 0.15) is 5.75 Å². The molecule has 1 aromatic carbocycles. The van der Waals surface area contributed by atoms with Crippen molar-refractivity contribution < 1.29 is 13.5 Å². The Balaban J connectivity index is 2.22. The second-order valence-corrected chi connectivity index (χ2v) is 7.73. The van der Waals surface area contributed by atoms with Crippen molar-refractivity contribution in [2.75, 3.05) is 18.8 Å². The van der Waals surface area contributed by atoms with Crippen LogP contribution in [-0.2, 0) is 10.0 Å². The Hall–Kier alpha value is -1.27. The fourth-order valence-corrected chi connectivity index (χ4v) is 3.94. The normalized spacial score (nSPS) is 19.9. The number of piperidine rings is 1. The summed E-state index contributed by atoms with van der Waals surface area (Å²) in [5.74, 6) is -0.0962. The predicted molar refractivity (Wildman–Crippen MR) is 78.9 cm³/mol. The van der Waals surface area contributed by atoms with E-state index in [1.54, 1.807) is 0 Å². The van der Waals surface area contributed by atoms with Gasteiger partial charge in [0.05, 0.1) is 10.6 Å². The second kappa shape index (κ2) is 5.26. The van der Waals surface area contributed by atoms with Gasteiger partial charge in [0.15, 0.2) is 0 Å². The number of anilines is 1. The summed E-state index contributed by atoms with van der Waals surface area (Å²) < 4.78 is 26.6. The average molecular weight is 298 g/mol. The molecule has 0 unspecified atom stereocenters. The highest BCUT2D eigenvalue weighted by atomic mass is 32.2. The van der Waals surface area contributed by atoms with Crippen LogP contribution in [0.2, 0.25) is 0 Å². The molecular formula is C14H22N2O3S. The minimum absolute atomic E-state index is 0.0847. The van der Waals surface area contributed by atoms with Gasteiger partial charge in [-0.05, 0) is 36.5 Å². The first-order valence-electron chi connectivity index (χ1n) is 6.87. The third kappa shape index (κ3) is 2.76. The lowest BCUT2D eigenvalue weighted by Gasteiger charge is -2.38. The number of rotatable bonds is 3. The van der Waals surface area contributed by atoms with E-state index in [9.17, 15) is 13.5 Å². The number of sulfonamides is 1. The number of nitrogen functional groups attached to an aromatic ring is 1. The van der Waals surface area contributed by atoms with Crippen molar-refractivity contribution in [1.82, 2.24) is 4.31 Å². The van der Waals surface area contributed by atoms with Crippen LogP contribution in [0.4, 0.5) is 5.69 Å². The molecule has 0 atom stereocenters. The number of aromatic hydroxyl groups is 1. The molecule has 5 nitrogen and oxygen atoms in total. The van der Waals surface area contributed by atoms with Crippen LogP contribution in [0.1, 0.15) is 33.1 Å². The molecule has 0 aliphatic carbocycles. The molecule has 20 heavy (non-hydrogen) atoms. The summed E-state index contributed by atoms with van der Waals surface area (Å²) in [6, 6.07) is 4.04. The maximum Gasteiger partial charge on any atom is 0.243 e. The lowest BCUT2D eigenvalue weighted by molar-refractivity contribution is 0.169. The minimum atomic E-state index is -3.52. The van der Waals surface area contributed by atoms with Crippen LogP contribution in [0.3, 0.4) is 0 Å². The van der Waals surface area contributed by atoms with Crippen LogP contribution in [0.5, 0.6) is 5.75 Å². The Bertz CT molecular complexity index is 590. The van der Waals surface area contributed by atoms with E-state index < -0.39 is 10.0 Å². The molecule has 2 rings (SSSR count). The largest absolute Gasteiger partial charge is 0.506 e. The zero-order chi connectivity index (χ0) is 15.0. The zero-order valence-electron chi connectivity index (χ0n) is 12.0. The van der Waals surface area contributed by atoms with Gasteiger partial charge in [0.2, 0.25) is 10.0 Å². The Morgan fingerprint density at radius 2 is 1.95 bits per heavy atom. The Morgan fingerprint density at radius 3 is 2.45 bits per heavy atom. The van der Waals surface area contributed by atoms with Gasteiger partial charge in [-0.3, -0.25) is 0 Å². The summed E-state index contributed by atoms with van der Waals surface area (Å²) in [7, 11) is -3.52. The summed E-state index contributed by atoms with van der Waals surface area (Å²) >= 11 is 0. The van der Waals surface area contributed by atoms with Crippen molar-refractivity contribution in [3.63, 3.8) is 0 Å². The van der Waals surface area contributed by atoms with Gasteiger partial charge in [-0.25, -0.2) is 8.42 Å². The molecule has 1 fully saturated rings.